The minimum Gasteiger partial charge on any atom is -0.497 e. The second-order valence-electron chi connectivity index (χ2n) is 5.97. The maximum absolute atomic E-state index is 13.9. The minimum atomic E-state index is -0.318. The van der Waals surface area contributed by atoms with E-state index in [0.29, 0.717) is 25.2 Å². The molecule has 0 atom stereocenters. The molecular formula is C19H17FN4O. The van der Waals surface area contributed by atoms with Crippen molar-refractivity contribution in [2.24, 2.45) is 0 Å². The van der Waals surface area contributed by atoms with Crippen LogP contribution in [0.4, 0.5) is 10.1 Å². The molecule has 3 aromatic rings. The zero-order valence-corrected chi connectivity index (χ0v) is 13.8. The van der Waals surface area contributed by atoms with Crippen molar-refractivity contribution in [3.63, 3.8) is 0 Å². The van der Waals surface area contributed by atoms with Gasteiger partial charge < -0.3 is 9.64 Å². The molecule has 0 spiro atoms. The second kappa shape index (κ2) is 6.47. The number of pyridine rings is 1. The standard InChI is InChI=1S/C19H17FN4O/c1-25-15-4-2-13(3-5-15)8-19-22-9-14-11-24(12-17(14)23-19)18-6-7-21-10-16(18)20/h2-7,9-10H,8,11-12H2,1H3. The van der Waals surface area contributed by atoms with Crippen LogP contribution in [0.15, 0.2) is 48.9 Å². The molecule has 2 aromatic heterocycles. The van der Waals surface area contributed by atoms with E-state index in [1.165, 1.54) is 6.20 Å². The molecule has 1 aliphatic rings. The van der Waals surface area contributed by atoms with Crippen LogP contribution >= 0.6 is 0 Å². The summed E-state index contributed by atoms with van der Waals surface area (Å²) in [6.07, 6.45) is 5.34. The fourth-order valence-corrected chi connectivity index (χ4v) is 3.00. The van der Waals surface area contributed by atoms with E-state index in [2.05, 4.69) is 15.0 Å². The van der Waals surface area contributed by atoms with Crippen molar-refractivity contribution in [3.05, 3.63) is 77.4 Å². The first-order valence-electron chi connectivity index (χ1n) is 8.04. The van der Waals surface area contributed by atoms with E-state index in [0.717, 1.165) is 28.4 Å². The van der Waals surface area contributed by atoms with Gasteiger partial charge in [0.05, 0.1) is 31.2 Å². The molecule has 0 radical (unpaired) electrons. The van der Waals surface area contributed by atoms with Gasteiger partial charge in [0.25, 0.3) is 0 Å². The Labute approximate surface area is 145 Å². The van der Waals surface area contributed by atoms with Crippen LogP contribution in [0, 0.1) is 5.82 Å². The topological polar surface area (TPSA) is 51.1 Å². The quantitative estimate of drug-likeness (QED) is 0.733. The molecule has 0 unspecified atom stereocenters. The highest BCUT2D eigenvalue weighted by Crippen LogP contribution is 2.28. The third-order valence-electron chi connectivity index (χ3n) is 4.32. The van der Waals surface area contributed by atoms with E-state index in [1.807, 2.05) is 35.4 Å². The summed E-state index contributed by atoms with van der Waals surface area (Å²) in [5.74, 6) is 1.27. The molecule has 25 heavy (non-hydrogen) atoms. The van der Waals surface area contributed by atoms with Gasteiger partial charge in [0.2, 0.25) is 0 Å². The molecule has 1 aliphatic heterocycles. The van der Waals surface area contributed by atoms with Crippen molar-refractivity contribution in [3.8, 4) is 5.75 Å². The maximum atomic E-state index is 13.9. The predicted octanol–water partition coefficient (Wildman–Crippen LogP) is 3.13. The molecule has 0 saturated carbocycles. The van der Waals surface area contributed by atoms with Gasteiger partial charge in [-0.2, -0.15) is 0 Å². The van der Waals surface area contributed by atoms with E-state index in [1.54, 1.807) is 19.4 Å². The van der Waals surface area contributed by atoms with Gasteiger partial charge >= 0.3 is 0 Å². The van der Waals surface area contributed by atoms with Crippen molar-refractivity contribution in [2.45, 2.75) is 19.5 Å². The summed E-state index contributed by atoms with van der Waals surface area (Å²) >= 11 is 0. The van der Waals surface area contributed by atoms with Gasteiger partial charge in [0.1, 0.15) is 11.6 Å². The van der Waals surface area contributed by atoms with E-state index < -0.39 is 0 Å². The Morgan fingerprint density at radius 2 is 1.96 bits per heavy atom. The predicted molar refractivity (Wildman–Crippen MR) is 91.9 cm³/mol. The van der Waals surface area contributed by atoms with Crippen molar-refractivity contribution in [1.29, 1.82) is 0 Å². The largest absolute Gasteiger partial charge is 0.497 e. The molecule has 0 fully saturated rings. The first kappa shape index (κ1) is 15.5. The van der Waals surface area contributed by atoms with Gasteiger partial charge in [0.15, 0.2) is 5.82 Å². The number of aromatic nitrogens is 3. The first-order valence-corrected chi connectivity index (χ1v) is 8.04. The third-order valence-corrected chi connectivity index (χ3v) is 4.32. The van der Waals surface area contributed by atoms with E-state index >= 15 is 0 Å². The molecule has 0 saturated heterocycles. The smallest absolute Gasteiger partial charge is 0.164 e. The summed E-state index contributed by atoms with van der Waals surface area (Å²) in [6, 6.07) is 9.56. The Morgan fingerprint density at radius 3 is 2.72 bits per heavy atom. The van der Waals surface area contributed by atoms with Crippen LogP contribution in [0.2, 0.25) is 0 Å². The Kier molecular flexibility index (Phi) is 4.01. The minimum absolute atomic E-state index is 0.318. The fourth-order valence-electron chi connectivity index (χ4n) is 3.00. The number of benzene rings is 1. The molecule has 4 rings (SSSR count). The van der Waals surface area contributed by atoms with E-state index in [4.69, 9.17) is 4.74 Å². The fraction of sp³-hybridized carbons (Fsp3) is 0.211. The molecule has 6 heteroatoms. The first-order chi connectivity index (χ1) is 12.2. The molecule has 0 N–H and O–H groups in total. The molecule has 5 nitrogen and oxygen atoms in total. The number of fused-ring (bicyclic) bond motifs is 1. The van der Waals surface area contributed by atoms with E-state index in [9.17, 15) is 4.39 Å². The van der Waals surface area contributed by atoms with Crippen LogP contribution in [0.5, 0.6) is 5.75 Å². The lowest BCUT2D eigenvalue weighted by atomic mass is 10.1. The van der Waals surface area contributed by atoms with Crippen LogP contribution in [0.25, 0.3) is 0 Å². The highest BCUT2D eigenvalue weighted by molar-refractivity contribution is 5.50. The Morgan fingerprint density at radius 1 is 1.12 bits per heavy atom. The van der Waals surface area contributed by atoms with Crippen LogP contribution < -0.4 is 9.64 Å². The number of ether oxygens (including phenoxy) is 1. The van der Waals surface area contributed by atoms with Crippen LogP contribution in [0.1, 0.15) is 22.6 Å². The maximum Gasteiger partial charge on any atom is 0.164 e. The lowest BCUT2D eigenvalue weighted by molar-refractivity contribution is 0.414. The molecule has 0 bridgehead atoms. The summed E-state index contributed by atoms with van der Waals surface area (Å²) in [5, 5.41) is 0. The molecule has 3 heterocycles. The highest BCUT2D eigenvalue weighted by atomic mass is 19.1. The van der Waals surface area contributed by atoms with Gasteiger partial charge in [-0.1, -0.05) is 12.1 Å². The van der Waals surface area contributed by atoms with Crippen molar-refractivity contribution < 1.29 is 9.13 Å². The normalized spacial score (nSPS) is 13.0. The number of methoxy groups -OCH3 is 1. The lowest BCUT2D eigenvalue weighted by Gasteiger charge is -2.17. The third kappa shape index (κ3) is 3.15. The van der Waals surface area contributed by atoms with Gasteiger partial charge in [0, 0.05) is 30.9 Å². The van der Waals surface area contributed by atoms with Gasteiger partial charge in [-0.15, -0.1) is 0 Å². The van der Waals surface area contributed by atoms with E-state index in [-0.39, 0.29) is 5.82 Å². The van der Waals surface area contributed by atoms with Crippen LogP contribution in [-0.2, 0) is 19.5 Å². The summed E-state index contributed by atoms with van der Waals surface area (Å²) in [6.45, 7) is 1.19. The molecule has 126 valence electrons. The molecule has 1 aromatic carbocycles. The number of rotatable bonds is 4. The summed E-state index contributed by atoms with van der Waals surface area (Å²) in [5.41, 5.74) is 3.66. The second-order valence-corrected chi connectivity index (χ2v) is 5.97. The van der Waals surface area contributed by atoms with Gasteiger partial charge in [-0.05, 0) is 23.8 Å². The van der Waals surface area contributed by atoms with Crippen molar-refractivity contribution >= 4 is 5.69 Å². The monoisotopic (exact) mass is 336 g/mol. The molecule has 0 aliphatic carbocycles. The van der Waals surface area contributed by atoms with Crippen LogP contribution in [-0.4, -0.2) is 22.1 Å². The average molecular weight is 336 g/mol. The summed E-state index contributed by atoms with van der Waals surface area (Å²) in [7, 11) is 1.65. The Balaban J connectivity index is 1.52. The zero-order chi connectivity index (χ0) is 17.2. The summed E-state index contributed by atoms with van der Waals surface area (Å²) < 4.78 is 19.1. The number of anilines is 1. The number of halogens is 1. The average Bonchev–Trinajstić information content (AvgIpc) is 3.06. The Bertz CT molecular complexity index is 898. The zero-order valence-electron chi connectivity index (χ0n) is 13.8. The Hall–Kier alpha value is -3.02. The van der Waals surface area contributed by atoms with Gasteiger partial charge in [-0.3, -0.25) is 4.98 Å². The molecular weight excluding hydrogens is 319 g/mol. The van der Waals surface area contributed by atoms with Crippen LogP contribution in [0.3, 0.4) is 0 Å². The number of hydrogen-bond acceptors (Lipinski definition) is 5. The molecule has 0 amide bonds. The lowest BCUT2D eigenvalue weighted by Crippen LogP contribution is -2.16. The summed E-state index contributed by atoms with van der Waals surface area (Å²) in [4.78, 5) is 14.9. The highest BCUT2D eigenvalue weighted by Gasteiger charge is 2.23. The van der Waals surface area contributed by atoms with Gasteiger partial charge in [-0.25, -0.2) is 14.4 Å². The SMILES string of the molecule is COc1ccc(Cc2ncc3c(n2)CN(c2ccncc2F)C3)cc1. The number of nitrogens with zero attached hydrogens (tertiary/aromatic N) is 4. The van der Waals surface area contributed by atoms with Crippen molar-refractivity contribution in [1.82, 2.24) is 15.0 Å². The van der Waals surface area contributed by atoms with Crippen molar-refractivity contribution in [2.75, 3.05) is 12.0 Å². The number of hydrogen-bond donors (Lipinski definition) is 0.